The zero-order chi connectivity index (χ0) is 15.1. The largest absolute Gasteiger partial charge is 0.277 e. The third-order valence-electron chi connectivity index (χ3n) is 3.67. The molecule has 0 spiro atoms. The Labute approximate surface area is 124 Å². The molecule has 22 heavy (non-hydrogen) atoms. The molecule has 2 aromatic carbocycles. The van der Waals surface area contributed by atoms with Crippen molar-refractivity contribution in [1.29, 1.82) is 0 Å². The first kappa shape index (κ1) is 12.5. The first-order valence-corrected chi connectivity index (χ1v) is 6.71. The number of aromatic nitrogens is 3. The van der Waals surface area contributed by atoms with Crippen LogP contribution in [0.1, 0.15) is 0 Å². The van der Waals surface area contributed by atoms with E-state index in [1.54, 1.807) is 18.3 Å². The number of non-ortho nitro benzene ring substituents is 1. The van der Waals surface area contributed by atoms with Gasteiger partial charge in [-0.2, -0.15) is 5.10 Å². The molecule has 0 unspecified atom stereocenters. The summed E-state index contributed by atoms with van der Waals surface area (Å²) in [5.74, 6) is 0. The Balaban J connectivity index is 1.92. The van der Waals surface area contributed by atoms with Crippen molar-refractivity contribution in [3.05, 3.63) is 64.8 Å². The minimum Gasteiger partial charge on any atom is -0.277 e. The van der Waals surface area contributed by atoms with E-state index in [1.165, 1.54) is 12.1 Å². The van der Waals surface area contributed by atoms with Crippen LogP contribution in [0.3, 0.4) is 0 Å². The van der Waals surface area contributed by atoms with Gasteiger partial charge in [0.2, 0.25) is 0 Å². The molecule has 0 saturated carbocycles. The van der Waals surface area contributed by atoms with Gasteiger partial charge in [0.1, 0.15) is 0 Å². The molecule has 0 saturated heterocycles. The number of H-pyrrole nitrogens is 1. The number of nitro groups is 1. The van der Waals surface area contributed by atoms with E-state index in [1.807, 2.05) is 24.3 Å². The third-order valence-corrected chi connectivity index (χ3v) is 3.67. The quantitative estimate of drug-likeness (QED) is 0.450. The Hall–Kier alpha value is -3.28. The molecule has 0 atom stereocenters. The van der Waals surface area contributed by atoms with Gasteiger partial charge in [0.25, 0.3) is 5.69 Å². The van der Waals surface area contributed by atoms with Crippen LogP contribution in [0, 0.1) is 10.1 Å². The predicted octanol–water partition coefficient (Wildman–Crippen LogP) is 3.69. The fourth-order valence-electron chi connectivity index (χ4n) is 2.60. The van der Waals surface area contributed by atoms with Crippen molar-refractivity contribution in [3.8, 4) is 11.3 Å². The molecule has 6 heteroatoms. The van der Waals surface area contributed by atoms with Crippen molar-refractivity contribution >= 4 is 27.5 Å². The second kappa shape index (κ2) is 4.63. The first-order chi connectivity index (χ1) is 10.7. The average molecular weight is 290 g/mol. The third kappa shape index (κ3) is 1.81. The number of hydrogen-bond acceptors (Lipinski definition) is 4. The molecule has 2 aromatic heterocycles. The van der Waals surface area contributed by atoms with E-state index in [-0.39, 0.29) is 5.69 Å². The maximum absolute atomic E-state index is 10.7. The van der Waals surface area contributed by atoms with Gasteiger partial charge in [0.05, 0.1) is 21.7 Å². The number of benzene rings is 2. The van der Waals surface area contributed by atoms with Crippen molar-refractivity contribution in [2.24, 2.45) is 0 Å². The van der Waals surface area contributed by atoms with E-state index in [0.717, 1.165) is 33.1 Å². The number of rotatable bonds is 2. The molecule has 6 nitrogen and oxygen atoms in total. The van der Waals surface area contributed by atoms with E-state index in [0.29, 0.717) is 0 Å². The molecular formula is C16H10N4O2. The molecule has 4 rings (SSSR count). The minimum absolute atomic E-state index is 0.0678. The Morgan fingerprint density at radius 2 is 1.82 bits per heavy atom. The van der Waals surface area contributed by atoms with Gasteiger partial charge in [-0.15, -0.1) is 0 Å². The molecule has 106 valence electrons. The number of aromatic amines is 1. The highest BCUT2D eigenvalue weighted by molar-refractivity contribution is 6.08. The molecule has 0 fully saturated rings. The maximum atomic E-state index is 10.7. The van der Waals surface area contributed by atoms with Crippen molar-refractivity contribution in [2.45, 2.75) is 0 Å². The maximum Gasteiger partial charge on any atom is 0.269 e. The molecule has 0 bridgehead atoms. The SMILES string of the molecule is O=[N+]([O-])c1ccc(-c2n[nH]c3c2ccc2ncccc23)cc1. The normalized spacial score (nSPS) is 11.1. The Kier molecular flexibility index (Phi) is 2.62. The van der Waals surface area contributed by atoms with Crippen molar-refractivity contribution in [1.82, 2.24) is 15.2 Å². The lowest BCUT2D eigenvalue weighted by Gasteiger charge is -2.00. The number of nitrogens with one attached hydrogen (secondary N) is 1. The van der Waals surface area contributed by atoms with Crippen LogP contribution in [0.4, 0.5) is 5.69 Å². The van der Waals surface area contributed by atoms with E-state index in [2.05, 4.69) is 15.2 Å². The highest BCUT2D eigenvalue weighted by atomic mass is 16.6. The van der Waals surface area contributed by atoms with Gasteiger partial charge in [-0.25, -0.2) is 0 Å². The monoisotopic (exact) mass is 290 g/mol. The molecular weight excluding hydrogens is 280 g/mol. The fraction of sp³-hybridized carbons (Fsp3) is 0. The summed E-state index contributed by atoms with van der Waals surface area (Å²) in [6, 6.07) is 14.2. The van der Waals surface area contributed by atoms with Gasteiger partial charge in [-0.3, -0.25) is 20.2 Å². The zero-order valence-corrected chi connectivity index (χ0v) is 11.4. The van der Waals surface area contributed by atoms with Gasteiger partial charge in [-0.1, -0.05) is 0 Å². The van der Waals surface area contributed by atoms with Gasteiger partial charge in [0, 0.05) is 34.7 Å². The molecule has 2 heterocycles. The summed E-state index contributed by atoms with van der Waals surface area (Å²) in [5, 5.41) is 20.1. The summed E-state index contributed by atoms with van der Waals surface area (Å²) in [6.07, 6.45) is 1.75. The van der Waals surface area contributed by atoms with E-state index >= 15 is 0 Å². The summed E-state index contributed by atoms with van der Waals surface area (Å²) in [7, 11) is 0. The number of hydrogen-bond donors (Lipinski definition) is 1. The first-order valence-electron chi connectivity index (χ1n) is 6.71. The number of fused-ring (bicyclic) bond motifs is 3. The van der Waals surface area contributed by atoms with Crippen LogP contribution >= 0.6 is 0 Å². The van der Waals surface area contributed by atoms with E-state index in [4.69, 9.17) is 0 Å². The molecule has 0 aliphatic carbocycles. The fourth-order valence-corrected chi connectivity index (χ4v) is 2.60. The summed E-state index contributed by atoms with van der Waals surface area (Å²) in [6.45, 7) is 0. The van der Waals surface area contributed by atoms with Crippen LogP contribution in [-0.2, 0) is 0 Å². The van der Waals surface area contributed by atoms with Crippen molar-refractivity contribution in [3.63, 3.8) is 0 Å². The van der Waals surface area contributed by atoms with Gasteiger partial charge in [0.15, 0.2) is 0 Å². The summed E-state index contributed by atoms with van der Waals surface area (Å²) in [4.78, 5) is 14.6. The van der Waals surface area contributed by atoms with E-state index < -0.39 is 4.92 Å². The van der Waals surface area contributed by atoms with Crippen molar-refractivity contribution in [2.75, 3.05) is 0 Å². The topological polar surface area (TPSA) is 84.7 Å². The minimum atomic E-state index is -0.411. The van der Waals surface area contributed by atoms with Crippen LogP contribution in [0.2, 0.25) is 0 Å². The standard InChI is InChI=1S/C16H10N4O2/c21-20(22)11-5-3-10(4-6-11)15-13-7-8-14-12(2-1-9-17-14)16(13)19-18-15/h1-9H,(H,18,19). The van der Waals surface area contributed by atoms with Gasteiger partial charge < -0.3 is 0 Å². The van der Waals surface area contributed by atoms with Crippen LogP contribution in [0.5, 0.6) is 0 Å². The molecule has 0 aliphatic rings. The Morgan fingerprint density at radius 1 is 1.00 bits per heavy atom. The molecule has 0 amide bonds. The second-order valence-electron chi connectivity index (χ2n) is 4.93. The summed E-state index contributed by atoms with van der Waals surface area (Å²) >= 11 is 0. The van der Waals surface area contributed by atoms with Gasteiger partial charge >= 0.3 is 0 Å². The van der Waals surface area contributed by atoms with E-state index in [9.17, 15) is 10.1 Å². The lowest BCUT2D eigenvalue weighted by atomic mass is 10.1. The highest BCUT2D eigenvalue weighted by Gasteiger charge is 2.12. The molecule has 1 N–H and O–H groups in total. The number of pyridine rings is 1. The predicted molar refractivity (Wildman–Crippen MR) is 83.5 cm³/mol. The molecule has 4 aromatic rings. The summed E-state index contributed by atoms with van der Waals surface area (Å²) in [5.41, 5.74) is 3.49. The number of nitro benzene ring substituents is 1. The van der Waals surface area contributed by atoms with Crippen LogP contribution in [0.15, 0.2) is 54.7 Å². The van der Waals surface area contributed by atoms with Gasteiger partial charge in [-0.05, 0) is 36.4 Å². The smallest absolute Gasteiger partial charge is 0.269 e. The van der Waals surface area contributed by atoms with Crippen LogP contribution in [-0.4, -0.2) is 20.1 Å². The number of nitrogens with zero attached hydrogens (tertiary/aromatic N) is 3. The van der Waals surface area contributed by atoms with Crippen molar-refractivity contribution < 1.29 is 4.92 Å². The lowest BCUT2D eigenvalue weighted by Crippen LogP contribution is -1.87. The van der Waals surface area contributed by atoms with Crippen LogP contribution < -0.4 is 0 Å². The molecule has 0 radical (unpaired) electrons. The average Bonchev–Trinajstić information content (AvgIpc) is 2.99. The lowest BCUT2D eigenvalue weighted by molar-refractivity contribution is -0.384. The second-order valence-corrected chi connectivity index (χ2v) is 4.93. The zero-order valence-electron chi connectivity index (χ0n) is 11.4. The Morgan fingerprint density at radius 3 is 2.59 bits per heavy atom. The molecule has 0 aliphatic heterocycles. The highest BCUT2D eigenvalue weighted by Crippen LogP contribution is 2.31. The Bertz CT molecular complexity index is 1010. The summed E-state index contributed by atoms with van der Waals surface area (Å²) < 4.78 is 0. The van der Waals surface area contributed by atoms with Crippen LogP contribution in [0.25, 0.3) is 33.1 Å².